The Balaban J connectivity index is 3.32. The molecule has 0 aliphatic heterocycles. The average Bonchev–Trinajstić information content (AvgIpc) is 2.11. The van der Waals surface area contributed by atoms with Gasteiger partial charge in [-0.2, -0.15) is 0 Å². The molecule has 0 bridgehead atoms. The third-order valence-electron chi connectivity index (χ3n) is 2.09. The van der Waals surface area contributed by atoms with Crippen molar-refractivity contribution in [3.8, 4) is 5.75 Å². The van der Waals surface area contributed by atoms with E-state index in [-0.39, 0.29) is 11.4 Å². The van der Waals surface area contributed by atoms with Gasteiger partial charge in [0.05, 0.1) is 4.92 Å². The number of aromatic hydroxyl groups is 1. The molecule has 4 nitrogen and oxygen atoms in total. The van der Waals surface area contributed by atoms with Crippen molar-refractivity contribution >= 4 is 5.69 Å². The summed E-state index contributed by atoms with van der Waals surface area (Å²) < 4.78 is 0. The molecule has 1 aromatic carbocycles. The van der Waals surface area contributed by atoms with E-state index in [1.165, 1.54) is 12.1 Å². The number of allylic oxidation sites excluding steroid dienone is 1. The Labute approximate surface area is 81.6 Å². The van der Waals surface area contributed by atoms with E-state index < -0.39 is 4.92 Å². The van der Waals surface area contributed by atoms with Crippen molar-refractivity contribution in [2.75, 3.05) is 0 Å². The second kappa shape index (κ2) is 3.91. The lowest BCUT2D eigenvalue weighted by atomic mass is 10.0. The summed E-state index contributed by atoms with van der Waals surface area (Å²) in [6.45, 7) is 5.15. The normalized spacial score (nSPS) is 9.79. The summed E-state index contributed by atoms with van der Waals surface area (Å²) in [5.74, 6) is 0.0769. The summed E-state index contributed by atoms with van der Waals surface area (Å²) in [6.07, 6.45) is 2.03. The maximum absolute atomic E-state index is 10.6. The molecule has 0 spiro atoms. The molecule has 1 N–H and O–H groups in total. The molecule has 14 heavy (non-hydrogen) atoms. The number of benzene rings is 1. The van der Waals surface area contributed by atoms with Crippen molar-refractivity contribution < 1.29 is 10.0 Å². The van der Waals surface area contributed by atoms with Crippen molar-refractivity contribution in [1.82, 2.24) is 0 Å². The monoisotopic (exact) mass is 193 g/mol. The van der Waals surface area contributed by atoms with Crippen LogP contribution in [0.1, 0.15) is 11.1 Å². The van der Waals surface area contributed by atoms with Gasteiger partial charge in [0.25, 0.3) is 5.69 Å². The van der Waals surface area contributed by atoms with E-state index in [1.54, 1.807) is 13.0 Å². The molecule has 4 heteroatoms. The van der Waals surface area contributed by atoms with Crippen molar-refractivity contribution in [3.63, 3.8) is 0 Å². The highest BCUT2D eigenvalue weighted by atomic mass is 16.6. The van der Waals surface area contributed by atoms with Crippen molar-refractivity contribution in [1.29, 1.82) is 0 Å². The lowest BCUT2D eigenvalue weighted by Crippen LogP contribution is -1.96. The van der Waals surface area contributed by atoms with E-state index in [1.807, 2.05) is 0 Å². The highest BCUT2D eigenvalue weighted by Gasteiger charge is 2.15. The first-order chi connectivity index (χ1) is 6.57. The van der Waals surface area contributed by atoms with Crippen LogP contribution < -0.4 is 0 Å². The topological polar surface area (TPSA) is 63.4 Å². The maximum atomic E-state index is 10.6. The van der Waals surface area contributed by atoms with Crippen LogP contribution in [0.15, 0.2) is 24.8 Å². The number of rotatable bonds is 3. The van der Waals surface area contributed by atoms with Crippen LogP contribution in [0.3, 0.4) is 0 Å². The van der Waals surface area contributed by atoms with Gasteiger partial charge >= 0.3 is 0 Å². The number of phenols is 1. The minimum absolute atomic E-state index is 0.0275. The Morgan fingerprint density at radius 1 is 1.64 bits per heavy atom. The van der Waals surface area contributed by atoms with Gasteiger partial charge in [-0.15, -0.1) is 6.58 Å². The SMILES string of the molecule is C=CCc1c(O)ccc([N+](=O)[O-])c1C. The lowest BCUT2D eigenvalue weighted by Gasteiger charge is -2.05. The summed E-state index contributed by atoms with van der Waals surface area (Å²) in [6, 6.07) is 2.64. The van der Waals surface area contributed by atoms with Crippen LogP contribution in [0.4, 0.5) is 5.69 Å². The van der Waals surface area contributed by atoms with Gasteiger partial charge in [0, 0.05) is 17.2 Å². The molecule has 0 fully saturated rings. The van der Waals surface area contributed by atoms with E-state index in [0.717, 1.165) is 0 Å². The van der Waals surface area contributed by atoms with Crippen molar-refractivity contribution in [2.24, 2.45) is 0 Å². The van der Waals surface area contributed by atoms with E-state index in [4.69, 9.17) is 0 Å². The average molecular weight is 193 g/mol. The number of nitro benzene ring substituents is 1. The van der Waals surface area contributed by atoms with Crippen LogP contribution in [-0.2, 0) is 6.42 Å². The maximum Gasteiger partial charge on any atom is 0.272 e. The zero-order valence-corrected chi connectivity index (χ0v) is 7.86. The highest BCUT2D eigenvalue weighted by molar-refractivity contribution is 5.51. The molecule has 0 atom stereocenters. The van der Waals surface area contributed by atoms with Gasteiger partial charge in [0.1, 0.15) is 5.75 Å². The molecule has 0 heterocycles. The van der Waals surface area contributed by atoms with Crippen LogP contribution >= 0.6 is 0 Å². The summed E-state index contributed by atoms with van der Waals surface area (Å²) >= 11 is 0. The Morgan fingerprint density at radius 2 is 2.29 bits per heavy atom. The largest absolute Gasteiger partial charge is 0.508 e. The Bertz CT molecular complexity index is 385. The van der Waals surface area contributed by atoms with E-state index in [2.05, 4.69) is 6.58 Å². The first-order valence-corrected chi connectivity index (χ1v) is 4.14. The number of nitro groups is 1. The summed E-state index contributed by atoms with van der Waals surface area (Å²) in [4.78, 5) is 10.1. The van der Waals surface area contributed by atoms with Crippen molar-refractivity contribution in [2.45, 2.75) is 13.3 Å². The molecule has 0 saturated carbocycles. The molecule has 0 aliphatic rings. The number of phenolic OH excluding ortho intramolecular Hbond substituents is 1. The van der Waals surface area contributed by atoms with Gasteiger partial charge in [-0.25, -0.2) is 0 Å². The second-order valence-electron chi connectivity index (χ2n) is 2.96. The van der Waals surface area contributed by atoms with Gasteiger partial charge in [-0.3, -0.25) is 10.1 Å². The van der Waals surface area contributed by atoms with Crippen LogP contribution in [0.5, 0.6) is 5.75 Å². The Kier molecular flexibility index (Phi) is 2.86. The zero-order valence-electron chi connectivity index (χ0n) is 7.86. The molecule has 1 aromatic rings. The minimum atomic E-state index is -0.457. The van der Waals surface area contributed by atoms with Crippen LogP contribution in [0.2, 0.25) is 0 Å². The molecule has 74 valence electrons. The molecule has 0 radical (unpaired) electrons. The summed E-state index contributed by atoms with van der Waals surface area (Å²) in [5, 5.41) is 20.0. The zero-order chi connectivity index (χ0) is 10.7. The van der Waals surface area contributed by atoms with Crippen molar-refractivity contribution in [3.05, 3.63) is 46.0 Å². The predicted octanol–water partition coefficient (Wildman–Crippen LogP) is 2.34. The van der Waals surface area contributed by atoms with Gasteiger partial charge in [-0.1, -0.05) is 6.08 Å². The fourth-order valence-electron chi connectivity index (χ4n) is 1.33. The third-order valence-corrected chi connectivity index (χ3v) is 2.09. The molecule has 1 rings (SSSR count). The lowest BCUT2D eigenvalue weighted by molar-refractivity contribution is -0.385. The number of hydrogen-bond acceptors (Lipinski definition) is 3. The first-order valence-electron chi connectivity index (χ1n) is 4.14. The molecular formula is C10H11NO3. The van der Waals surface area contributed by atoms with Crippen LogP contribution in [0, 0.1) is 17.0 Å². The molecule has 0 aliphatic carbocycles. The van der Waals surface area contributed by atoms with E-state index >= 15 is 0 Å². The molecule has 0 amide bonds. The van der Waals surface area contributed by atoms with E-state index in [0.29, 0.717) is 17.5 Å². The fraction of sp³-hybridized carbons (Fsp3) is 0.200. The molecular weight excluding hydrogens is 182 g/mol. The van der Waals surface area contributed by atoms with Crippen LogP contribution in [-0.4, -0.2) is 10.0 Å². The van der Waals surface area contributed by atoms with Gasteiger partial charge in [0.15, 0.2) is 0 Å². The molecule has 0 aromatic heterocycles. The van der Waals surface area contributed by atoms with E-state index in [9.17, 15) is 15.2 Å². The number of nitrogens with zero attached hydrogens (tertiary/aromatic N) is 1. The second-order valence-corrected chi connectivity index (χ2v) is 2.96. The first kappa shape index (κ1) is 10.2. The van der Waals surface area contributed by atoms with Gasteiger partial charge < -0.3 is 5.11 Å². The Morgan fingerprint density at radius 3 is 2.79 bits per heavy atom. The van der Waals surface area contributed by atoms with Gasteiger partial charge in [-0.05, 0) is 19.4 Å². The summed E-state index contributed by atoms with van der Waals surface area (Å²) in [7, 11) is 0. The third kappa shape index (κ3) is 1.74. The standard InChI is InChI=1S/C10H11NO3/c1-3-4-8-7(2)9(11(13)14)5-6-10(8)12/h3,5-6,12H,1,4H2,2H3. The molecule has 0 saturated heterocycles. The Hall–Kier alpha value is -1.84. The smallest absolute Gasteiger partial charge is 0.272 e. The van der Waals surface area contributed by atoms with Crippen LogP contribution in [0.25, 0.3) is 0 Å². The summed E-state index contributed by atoms with van der Waals surface area (Å²) in [5.41, 5.74) is 1.09. The quantitative estimate of drug-likeness (QED) is 0.455. The minimum Gasteiger partial charge on any atom is -0.508 e. The highest BCUT2D eigenvalue weighted by Crippen LogP contribution is 2.29. The number of hydrogen-bond donors (Lipinski definition) is 1. The molecule has 0 unspecified atom stereocenters. The van der Waals surface area contributed by atoms with Gasteiger partial charge in [0.2, 0.25) is 0 Å². The predicted molar refractivity (Wildman–Crippen MR) is 53.4 cm³/mol. The fourth-order valence-corrected chi connectivity index (χ4v) is 1.33.